The van der Waals surface area contributed by atoms with Crippen molar-refractivity contribution in [1.82, 2.24) is 15.1 Å². The van der Waals surface area contributed by atoms with Crippen molar-refractivity contribution in [1.29, 1.82) is 0 Å². The van der Waals surface area contributed by atoms with Gasteiger partial charge in [-0.25, -0.2) is 4.79 Å². The van der Waals surface area contributed by atoms with Gasteiger partial charge in [-0.15, -0.1) is 0 Å². The molecule has 0 spiro atoms. The van der Waals surface area contributed by atoms with Gasteiger partial charge in [-0.1, -0.05) is 12.1 Å². The van der Waals surface area contributed by atoms with Crippen LogP contribution in [0.25, 0.3) is 0 Å². The number of aliphatic hydroxyl groups is 1. The third kappa shape index (κ3) is 2.44. The molecule has 1 saturated heterocycles. The lowest BCUT2D eigenvalue weighted by Crippen LogP contribution is -2.45. The minimum Gasteiger partial charge on any atom is -0.389 e. The van der Waals surface area contributed by atoms with Crippen molar-refractivity contribution in [2.45, 2.75) is 25.5 Å². The second-order valence-corrected chi connectivity index (χ2v) is 6.39. The number of urea groups is 1. The number of carbonyl (C=O) groups is 4. The number of rotatable bonds is 4. The fraction of sp³-hybridized carbons (Fsp3) is 0.375. The lowest BCUT2D eigenvalue weighted by Gasteiger charge is -2.22. The van der Waals surface area contributed by atoms with Crippen molar-refractivity contribution < 1.29 is 24.3 Å². The Kier molecular flexibility index (Phi) is 3.64. The van der Waals surface area contributed by atoms with Crippen molar-refractivity contribution in [2.75, 3.05) is 13.1 Å². The van der Waals surface area contributed by atoms with Crippen LogP contribution < -0.4 is 5.32 Å². The Balaban J connectivity index is 1.70. The standard InChI is InChI=1S/C16H17N3O5/c1-16(2)14(23)19(15(24)17-16)8-9(20)7-18-12(21)10-5-3-4-6-11(10)13(18)22/h3-6,9,20H,7-8H2,1-2H3,(H,17,24). The lowest BCUT2D eigenvalue weighted by molar-refractivity contribution is -0.131. The van der Waals surface area contributed by atoms with Gasteiger partial charge < -0.3 is 10.4 Å². The Morgan fingerprint density at radius 2 is 1.50 bits per heavy atom. The maximum absolute atomic E-state index is 12.2. The monoisotopic (exact) mass is 331 g/mol. The van der Waals surface area contributed by atoms with Gasteiger partial charge >= 0.3 is 6.03 Å². The Hall–Kier alpha value is -2.74. The molecule has 0 aromatic heterocycles. The average molecular weight is 331 g/mol. The number of hydrogen-bond donors (Lipinski definition) is 2. The van der Waals surface area contributed by atoms with Crippen LogP contribution in [0.4, 0.5) is 4.79 Å². The van der Waals surface area contributed by atoms with E-state index in [-0.39, 0.29) is 24.2 Å². The van der Waals surface area contributed by atoms with E-state index in [9.17, 15) is 24.3 Å². The first-order chi connectivity index (χ1) is 11.2. The second kappa shape index (κ2) is 5.41. The molecule has 8 heteroatoms. The topological polar surface area (TPSA) is 107 Å². The van der Waals surface area contributed by atoms with Gasteiger partial charge in [0.1, 0.15) is 5.54 Å². The van der Waals surface area contributed by atoms with Crippen LogP contribution in [0.1, 0.15) is 34.6 Å². The lowest BCUT2D eigenvalue weighted by atomic mass is 10.1. The molecule has 0 aliphatic carbocycles. The fourth-order valence-corrected chi connectivity index (χ4v) is 2.87. The van der Waals surface area contributed by atoms with Gasteiger partial charge in [-0.05, 0) is 26.0 Å². The van der Waals surface area contributed by atoms with E-state index in [1.165, 1.54) is 0 Å². The molecule has 5 amide bonds. The molecule has 0 radical (unpaired) electrons. The molecule has 3 rings (SSSR count). The number of benzene rings is 1. The summed E-state index contributed by atoms with van der Waals surface area (Å²) in [4.78, 5) is 50.2. The summed E-state index contributed by atoms with van der Waals surface area (Å²) < 4.78 is 0. The summed E-state index contributed by atoms with van der Waals surface area (Å²) in [5, 5.41) is 12.7. The van der Waals surface area contributed by atoms with Crippen LogP contribution in [-0.2, 0) is 4.79 Å². The molecule has 24 heavy (non-hydrogen) atoms. The Morgan fingerprint density at radius 1 is 1.00 bits per heavy atom. The molecule has 126 valence electrons. The van der Waals surface area contributed by atoms with Crippen molar-refractivity contribution >= 4 is 23.8 Å². The first-order valence-electron chi connectivity index (χ1n) is 7.50. The molecule has 2 heterocycles. The Bertz CT molecular complexity index is 723. The first kappa shape index (κ1) is 16.1. The molecule has 8 nitrogen and oxygen atoms in total. The largest absolute Gasteiger partial charge is 0.389 e. The van der Waals surface area contributed by atoms with Crippen LogP contribution in [0.2, 0.25) is 0 Å². The van der Waals surface area contributed by atoms with Crippen LogP contribution >= 0.6 is 0 Å². The summed E-state index contributed by atoms with van der Waals surface area (Å²) in [5.41, 5.74) is -0.469. The van der Waals surface area contributed by atoms with Gasteiger partial charge in [0.05, 0.1) is 30.3 Å². The molecular weight excluding hydrogens is 314 g/mol. The van der Waals surface area contributed by atoms with Crippen molar-refractivity contribution in [3.05, 3.63) is 35.4 Å². The molecule has 2 aliphatic rings. The zero-order valence-corrected chi connectivity index (χ0v) is 13.3. The number of nitrogens with zero attached hydrogens (tertiary/aromatic N) is 2. The molecule has 2 aliphatic heterocycles. The number of carbonyl (C=O) groups excluding carboxylic acids is 4. The summed E-state index contributed by atoms with van der Waals surface area (Å²) in [7, 11) is 0. The molecule has 0 saturated carbocycles. The molecule has 1 aromatic carbocycles. The van der Waals surface area contributed by atoms with Crippen molar-refractivity contribution in [3.63, 3.8) is 0 Å². The highest BCUT2D eigenvalue weighted by molar-refractivity contribution is 6.21. The number of aliphatic hydroxyl groups excluding tert-OH is 1. The van der Waals surface area contributed by atoms with Gasteiger partial charge in [-0.3, -0.25) is 24.2 Å². The number of nitrogens with one attached hydrogen (secondary N) is 1. The molecule has 0 bridgehead atoms. The van der Waals surface area contributed by atoms with E-state index in [0.29, 0.717) is 0 Å². The SMILES string of the molecule is CC1(C)NC(=O)N(CC(O)CN2C(=O)c3ccccc3C2=O)C1=O. The number of hydrogen-bond acceptors (Lipinski definition) is 5. The van der Waals surface area contributed by atoms with Gasteiger partial charge in [0.2, 0.25) is 0 Å². The molecular formula is C16H17N3O5. The maximum atomic E-state index is 12.2. The molecule has 1 aromatic rings. The van der Waals surface area contributed by atoms with E-state index in [0.717, 1.165) is 9.80 Å². The second-order valence-electron chi connectivity index (χ2n) is 6.39. The summed E-state index contributed by atoms with van der Waals surface area (Å²) in [6.07, 6.45) is -1.23. The smallest absolute Gasteiger partial charge is 0.325 e. The first-order valence-corrected chi connectivity index (χ1v) is 7.50. The number of fused-ring (bicyclic) bond motifs is 1. The summed E-state index contributed by atoms with van der Waals surface area (Å²) in [6.45, 7) is 2.54. The number of β-amino-alcohol motifs (C(OH)–C–C–N with tert-alkyl or cyclic N) is 1. The Labute approximate surface area is 138 Å². The van der Waals surface area contributed by atoms with Gasteiger partial charge in [0.25, 0.3) is 17.7 Å². The van der Waals surface area contributed by atoms with E-state index >= 15 is 0 Å². The van der Waals surface area contributed by atoms with E-state index < -0.39 is 35.4 Å². The van der Waals surface area contributed by atoms with Crippen molar-refractivity contribution in [2.24, 2.45) is 0 Å². The molecule has 1 atom stereocenters. The van der Waals surface area contributed by atoms with Crippen LogP contribution in [0, 0.1) is 0 Å². The molecule has 1 fully saturated rings. The summed E-state index contributed by atoms with van der Waals surface area (Å²) in [5.74, 6) is -1.45. The van der Waals surface area contributed by atoms with E-state index in [1.807, 2.05) is 0 Å². The van der Waals surface area contributed by atoms with Gasteiger partial charge in [0, 0.05) is 0 Å². The highest BCUT2D eigenvalue weighted by Crippen LogP contribution is 2.23. The van der Waals surface area contributed by atoms with Gasteiger partial charge in [-0.2, -0.15) is 0 Å². The minimum atomic E-state index is -1.23. The zero-order valence-electron chi connectivity index (χ0n) is 13.3. The Morgan fingerprint density at radius 3 is 1.96 bits per heavy atom. The summed E-state index contributed by atoms with van der Waals surface area (Å²) in [6, 6.07) is 5.79. The highest BCUT2D eigenvalue weighted by Gasteiger charge is 2.45. The predicted octanol–water partition coefficient (Wildman–Crippen LogP) is -0.0261. The van der Waals surface area contributed by atoms with Crippen LogP contribution in [0.5, 0.6) is 0 Å². The maximum Gasteiger partial charge on any atom is 0.325 e. The van der Waals surface area contributed by atoms with Gasteiger partial charge in [0.15, 0.2) is 0 Å². The third-order valence-corrected chi connectivity index (χ3v) is 4.11. The third-order valence-electron chi connectivity index (χ3n) is 4.11. The molecule has 1 unspecified atom stereocenters. The number of amides is 5. The van der Waals surface area contributed by atoms with E-state index in [1.54, 1.807) is 38.1 Å². The quantitative estimate of drug-likeness (QED) is 0.595. The minimum absolute atomic E-state index is 0.283. The van der Waals surface area contributed by atoms with Crippen LogP contribution in [0.15, 0.2) is 24.3 Å². The van der Waals surface area contributed by atoms with E-state index in [4.69, 9.17) is 0 Å². The fourth-order valence-electron chi connectivity index (χ4n) is 2.87. The van der Waals surface area contributed by atoms with Crippen molar-refractivity contribution in [3.8, 4) is 0 Å². The summed E-state index contributed by atoms with van der Waals surface area (Å²) >= 11 is 0. The number of imide groups is 2. The predicted molar refractivity (Wildman–Crippen MR) is 82.1 cm³/mol. The zero-order chi connectivity index (χ0) is 17.6. The highest BCUT2D eigenvalue weighted by atomic mass is 16.3. The van der Waals surface area contributed by atoms with Crippen LogP contribution in [-0.4, -0.2) is 63.4 Å². The van der Waals surface area contributed by atoms with Crippen LogP contribution in [0.3, 0.4) is 0 Å². The van der Waals surface area contributed by atoms with E-state index in [2.05, 4.69) is 5.32 Å². The normalized spacial score (nSPS) is 20.5. The molecule has 2 N–H and O–H groups in total. The average Bonchev–Trinajstić information content (AvgIpc) is 2.87.